The SMILES string of the molecule is C[Si](C)(C)COC(=O)N1CCC2(CCc3cc(-c4ccc(CS(=O)(=O)Cc5ccccc5)cc4)ccc3O2)CC1. The maximum Gasteiger partial charge on any atom is 0.409 e. The number of carbonyl (C=O) groups excluding carboxylic acids is 1. The summed E-state index contributed by atoms with van der Waals surface area (Å²) >= 11 is 0. The van der Waals surface area contributed by atoms with Crippen LogP contribution in [0.15, 0.2) is 72.8 Å². The number of nitrogens with zero attached hydrogens (tertiary/aromatic N) is 1. The van der Waals surface area contributed by atoms with Gasteiger partial charge in [-0.2, -0.15) is 0 Å². The highest BCUT2D eigenvalue weighted by atomic mass is 32.2. The Bertz CT molecular complexity index is 1440. The molecule has 3 aromatic rings. The number of hydrogen-bond donors (Lipinski definition) is 0. The van der Waals surface area contributed by atoms with Gasteiger partial charge < -0.3 is 14.4 Å². The molecule has 5 rings (SSSR count). The molecule has 1 amide bonds. The maximum absolute atomic E-state index is 12.7. The van der Waals surface area contributed by atoms with E-state index in [9.17, 15) is 13.2 Å². The van der Waals surface area contributed by atoms with Crippen molar-refractivity contribution in [3.8, 4) is 16.9 Å². The number of amides is 1. The molecule has 0 saturated carbocycles. The van der Waals surface area contributed by atoms with Gasteiger partial charge in [0.05, 0.1) is 25.8 Å². The number of piperidine rings is 1. The largest absolute Gasteiger partial charge is 0.487 e. The highest BCUT2D eigenvalue weighted by molar-refractivity contribution is 7.89. The number of ether oxygens (including phenoxy) is 2. The molecule has 1 spiro atoms. The van der Waals surface area contributed by atoms with Gasteiger partial charge in [-0.3, -0.25) is 0 Å². The molecule has 212 valence electrons. The van der Waals surface area contributed by atoms with Gasteiger partial charge in [0, 0.05) is 25.9 Å². The molecule has 3 aromatic carbocycles. The first-order valence-corrected chi connectivity index (χ1v) is 19.6. The number of fused-ring (bicyclic) bond motifs is 1. The zero-order valence-electron chi connectivity index (χ0n) is 23.7. The van der Waals surface area contributed by atoms with E-state index in [1.165, 1.54) is 5.56 Å². The van der Waals surface area contributed by atoms with Gasteiger partial charge >= 0.3 is 6.09 Å². The third kappa shape index (κ3) is 7.15. The smallest absolute Gasteiger partial charge is 0.409 e. The zero-order valence-corrected chi connectivity index (χ0v) is 25.5. The third-order valence-electron chi connectivity index (χ3n) is 7.70. The van der Waals surface area contributed by atoms with E-state index in [4.69, 9.17) is 9.47 Å². The Morgan fingerprint density at radius 3 is 2.15 bits per heavy atom. The summed E-state index contributed by atoms with van der Waals surface area (Å²) in [6.45, 7) is 7.90. The summed E-state index contributed by atoms with van der Waals surface area (Å²) in [7, 11) is -4.69. The predicted octanol–water partition coefficient (Wildman–Crippen LogP) is 6.64. The Hall–Kier alpha value is -3.10. The van der Waals surface area contributed by atoms with Crippen molar-refractivity contribution in [2.75, 3.05) is 19.3 Å². The quantitative estimate of drug-likeness (QED) is 0.294. The van der Waals surface area contributed by atoms with Gasteiger partial charge in [0.1, 0.15) is 11.4 Å². The minimum Gasteiger partial charge on any atom is -0.487 e. The summed E-state index contributed by atoms with van der Waals surface area (Å²) in [5.41, 5.74) is 4.71. The topological polar surface area (TPSA) is 72.9 Å². The first-order chi connectivity index (χ1) is 19.0. The van der Waals surface area contributed by atoms with Crippen molar-refractivity contribution in [3.05, 3.63) is 89.5 Å². The lowest BCUT2D eigenvalue weighted by Crippen LogP contribution is -2.51. The molecule has 0 atom stereocenters. The molecule has 0 unspecified atom stereocenters. The van der Waals surface area contributed by atoms with Crippen molar-refractivity contribution in [2.24, 2.45) is 0 Å². The van der Waals surface area contributed by atoms with Gasteiger partial charge in [0.2, 0.25) is 0 Å². The normalized spacial score (nSPS) is 16.7. The van der Waals surface area contributed by atoms with Crippen molar-refractivity contribution in [1.82, 2.24) is 4.90 Å². The second kappa shape index (κ2) is 11.4. The first kappa shape index (κ1) is 28.4. The summed E-state index contributed by atoms with van der Waals surface area (Å²) in [6, 6.07) is 23.4. The fraction of sp³-hybridized carbons (Fsp3) is 0.406. The molecule has 40 heavy (non-hydrogen) atoms. The van der Waals surface area contributed by atoms with Crippen LogP contribution in [0, 0.1) is 0 Å². The van der Waals surface area contributed by atoms with Crippen LogP contribution in [0.1, 0.15) is 36.0 Å². The molecular weight excluding hydrogens is 539 g/mol. The van der Waals surface area contributed by atoms with Crippen LogP contribution in [0.25, 0.3) is 11.1 Å². The molecule has 6 nitrogen and oxygen atoms in total. The maximum atomic E-state index is 12.7. The van der Waals surface area contributed by atoms with Gasteiger partial charge in [-0.25, -0.2) is 13.2 Å². The number of sulfone groups is 1. The molecule has 0 radical (unpaired) electrons. The molecule has 2 heterocycles. The van der Waals surface area contributed by atoms with Crippen molar-refractivity contribution in [3.63, 3.8) is 0 Å². The van der Waals surface area contributed by atoms with Crippen molar-refractivity contribution < 1.29 is 22.7 Å². The summed E-state index contributed by atoms with van der Waals surface area (Å²) in [5, 5.41) is 0. The Balaban J connectivity index is 1.18. The van der Waals surface area contributed by atoms with E-state index in [-0.39, 0.29) is 23.2 Å². The van der Waals surface area contributed by atoms with Gasteiger partial charge in [-0.1, -0.05) is 80.3 Å². The Morgan fingerprint density at radius 2 is 1.50 bits per heavy atom. The summed E-state index contributed by atoms with van der Waals surface area (Å²) in [4.78, 5) is 14.3. The summed E-state index contributed by atoms with van der Waals surface area (Å²) in [6.07, 6.45) is 3.84. The van der Waals surface area contributed by atoms with Crippen LogP contribution in [0.5, 0.6) is 5.75 Å². The Morgan fingerprint density at radius 1 is 0.875 bits per heavy atom. The van der Waals surface area contributed by atoms with Gasteiger partial charge in [0.25, 0.3) is 0 Å². The van der Waals surface area contributed by atoms with E-state index in [0.29, 0.717) is 19.3 Å². The van der Waals surface area contributed by atoms with Gasteiger partial charge in [-0.15, -0.1) is 0 Å². The van der Waals surface area contributed by atoms with Crippen LogP contribution in [-0.2, 0) is 32.5 Å². The van der Waals surface area contributed by atoms with E-state index in [2.05, 4.69) is 37.8 Å². The molecule has 0 aliphatic carbocycles. The van der Waals surface area contributed by atoms with Crippen LogP contribution in [0.3, 0.4) is 0 Å². The molecule has 1 fully saturated rings. The summed E-state index contributed by atoms with van der Waals surface area (Å²) < 4.78 is 37.5. The minimum absolute atomic E-state index is 0.0236. The monoisotopic (exact) mass is 577 g/mol. The van der Waals surface area contributed by atoms with Crippen LogP contribution >= 0.6 is 0 Å². The van der Waals surface area contributed by atoms with E-state index in [1.54, 1.807) is 0 Å². The third-order valence-corrected chi connectivity index (χ3v) is 10.3. The zero-order chi connectivity index (χ0) is 28.4. The van der Waals surface area contributed by atoms with Crippen molar-refractivity contribution in [1.29, 1.82) is 0 Å². The lowest BCUT2D eigenvalue weighted by Gasteiger charge is -2.44. The van der Waals surface area contributed by atoms with Crippen molar-refractivity contribution in [2.45, 2.75) is 62.4 Å². The molecule has 2 aliphatic heterocycles. The lowest BCUT2D eigenvalue weighted by atomic mass is 9.82. The second-order valence-electron chi connectivity index (χ2n) is 12.4. The molecule has 8 heteroatoms. The molecular formula is C32H39NO5SSi. The van der Waals surface area contributed by atoms with Gasteiger partial charge in [0.15, 0.2) is 9.84 Å². The van der Waals surface area contributed by atoms with E-state index in [0.717, 1.165) is 53.7 Å². The second-order valence-corrected chi connectivity index (χ2v) is 19.9. The van der Waals surface area contributed by atoms with Crippen LogP contribution < -0.4 is 4.74 Å². The average Bonchev–Trinajstić information content (AvgIpc) is 2.92. The van der Waals surface area contributed by atoms with E-state index in [1.807, 2.05) is 59.5 Å². The van der Waals surface area contributed by atoms with Crippen LogP contribution in [0.2, 0.25) is 19.6 Å². The van der Waals surface area contributed by atoms with E-state index < -0.39 is 17.9 Å². The minimum atomic E-state index is -3.25. The fourth-order valence-electron chi connectivity index (χ4n) is 5.45. The van der Waals surface area contributed by atoms with E-state index >= 15 is 0 Å². The molecule has 1 saturated heterocycles. The highest BCUT2D eigenvalue weighted by Gasteiger charge is 2.41. The number of aryl methyl sites for hydroxylation is 1. The van der Waals surface area contributed by atoms with Crippen molar-refractivity contribution >= 4 is 24.0 Å². The highest BCUT2D eigenvalue weighted by Crippen LogP contribution is 2.41. The first-order valence-electron chi connectivity index (χ1n) is 14.1. The van der Waals surface area contributed by atoms with Crippen LogP contribution in [-0.4, -0.2) is 52.4 Å². The van der Waals surface area contributed by atoms with Crippen LogP contribution in [0.4, 0.5) is 4.79 Å². The number of carbonyl (C=O) groups is 1. The fourth-order valence-corrected chi connectivity index (χ4v) is 7.50. The number of hydrogen-bond acceptors (Lipinski definition) is 5. The standard InChI is InChI=1S/C32H39NO5SSi/c1-40(2,3)24-37-31(34)33-19-17-32(18-20-33)16-15-29-21-28(13-14-30(29)38-32)27-11-9-26(10-12-27)23-39(35,36)22-25-7-5-4-6-8-25/h4-14,21H,15-20,22-24H2,1-3H3. The molecule has 2 aliphatic rings. The number of benzene rings is 3. The average molecular weight is 578 g/mol. The summed E-state index contributed by atoms with van der Waals surface area (Å²) in [5.74, 6) is 0.992. The predicted molar refractivity (Wildman–Crippen MR) is 162 cm³/mol. The number of likely N-dealkylation sites (tertiary alicyclic amines) is 1. The Kier molecular flexibility index (Phi) is 8.11. The molecule has 0 aromatic heterocycles. The molecule has 0 bridgehead atoms. The van der Waals surface area contributed by atoms with Gasteiger partial charge in [-0.05, 0) is 52.8 Å². The Labute approximate surface area is 239 Å². The molecule has 0 N–H and O–H groups in total. The number of rotatable bonds is 7. The lowest BCUT2D eigenvalue weighted by molar-refractivity contribution is -0.0130.